The summed E-state index contributed by atoms with van der Waals surface area (Å²) in [5, 5.41) is 47.1. The number of carboxylic acids is 1. The Morgan fingerprint density at radius 2 is 1.20 bits per heavy atom. The lowest BCUT2D eigenvalue weighted by Gasteiger charge is -2.33. The molecule has 1 aliphatic carbocycles. The monoisotopic (exact) mass is 484 g/mol. The molecule has 1 fully saturated rings. The maximum atomic E-state index is 12.3. The number of benzene rings is 2. The van der Waals surface area contributed by atoms with Crippen LogP contribution in [0.4, 0.5) is 0 Å². The SMILES string of the molecule is O=C(/C=C/c1ccc(O)c(O)c1)O[C@@H]1CCC(C(=O)O)C[C@H]1OC(=O)/C=C/c1ccc(O)c(O)c1. The maximum absolute atomic E-state index is 12.3. The molecule has 0 amide bonds. The third-order valence-electron chi connectivity index (χ3n) is 5.44. The Kier molecular flexibility index (Phi) is 7.98. The van der Waals surface area contributed by atoms with Crippen molar-refractivity contribution in [2.45, 2.75) is 31.5 Å². The molecular weight excluding hydrogens is 460 g/mol. The predicted octanol–water partition coefficient (Wildman–Crippen LogP) is 2.94. The Bertz CT molecular complexity index is 1170. The smallest absolute Gasteiger partial charge is 0.331 e. The molecule has 0 radical (unpaired) electrons. The highest BCUT2D eigenvalue weighted by Gasteiger charge is 2.38. The number of carbonyl (C=O) groups is 3. The highest BCUT2D eigenvalue weighted by Crippen LogP contribution is 2.30. The Hall–Kier alpha value is -4.47. The van der Waals surface area contributed by atoms with E-state index in [1.54, 1.807) is 0 Å². The van der Waals surface area contributed by atoms with Crippen molar-refractivity contribution in [2.75, 3.05) is 0 Å². The van der Waals surface area contributed by atoms with E-state index in [0.717, 1.165) is 12.2 Å². The zero-order valence-corrected chi connectivity index (χ0v) is 18.4. The molecule has 1 aliphatic rings. The van der Waals surface area contributed by atoms with E-state index in [-0.39, 0.29) is 42.3 Å². The van der Waals surface area contributed by atoms with Crippen LogP contribution in [0.2, 0.25) is 0 Å². The largest absolute Gasteiger partial charge is 0.504 e. The summed E-state index contributed by atoms with van der Waals surface area (Å²) < 4.78 is 10.8. The van der Waals surface area contributed by atoms with Crippen LogP contribution in [-0.2, 0) is 23.9 Å². The van der Waals surface area contributed by atoms with E-state index in [2.05, 4.69) is 0 Å². The van der Waals surface area contributed by atoms with E-state index in [4.69, 9.17) is 9.47 Å². The molecule has 1 saturated carbocycles. The first kappa shape index (κ1) is 25.2. The number of rotatable bonds is 7. The molecular formula is C25H24O10. The van der Waals surface area contributed by atoms with Gasteiger partial charge >= 0.3 is 17.9 Å². The molecule has 2 aromatic rings. The molecule has 10 heteroatoms. The standard InChI is InChI=1S/C25H24O10/c26-17-6-1-14(11-19(17)28)3-9-23(30)34-21-8-5-16(25(32)33)13-22(21)35-24(31)10-4-15-2-7-18(27)20(29)12-15/h1-4,6-7,9-12,16,21-22,26-29H,5,8,13H2,(H,32,33)/b9-3+,10-4+/t16?,21-,22-/m1/s1. The van der Waals surface area contributed by atoms with Crippen molar-refractivity contribution in [3.8, 4) is 23.0 Å². The molecule has 3 rings (SSSR count). The van der Waals surface area contributed by atoms with Gasteiger partial charge in [0.2, 0.25) is 0 Å². The second-order valence-electron chi connectivity index (χ2n) is 7.96. The summed E-state index contributed by atoms with van der Waals surface area (Å²) in [5.41, 5.74) is 0.845. The van der Waals surface area contributed by atoms with Crippen LogP contribution in [0.3, 0.4) is 0 Å². The van der Waals surface area contributed by atoms with Crippen LogP contribution in [0.5, 0.6) is 23.0 Å². The van der Waals surface area contributed by atoms with Gasteiger partial charge in [-0.3, -0.25) is 4.79 Å². The van der Waals surface area contributed by atoms with E-state index in [1.807, 2.05) is 0 Å². The molecule has 1 unspecified atom stereocenters. The van der Waals surface area contributed by atoms with Gasteiger partial charge in [0.25, 0.3) is 0 Å². The van der Waals surface area contributed by atoms with E-state index < -0.39 is 36.0 Å². The van der Waals surface area contributed by atoms with Gasteiger partial charge in [-0.25, -0.2) is 9.59 Å². The molecule has 5 N–H and O–H groups in total. The fraction of sp³-hybridized carbons (Fsp3) is 0.240. The lowest BCUT2D eigenvalue weighted by Crippen LogP contribution is -2.41. The van der Waals surface area contributed by atoms with Gasteiger partial charge in [0.15, 0.2) is 23.0 Å². The fourth-order valence-electron chi connectivity index (χ4n) is 3.58. The van der Waals surface area contributed by atoms with Crippen molar-refractivity contribution in [2.24, 2.45) is 5.92 Å². The van der Waals surface area contributed by atoms with Crippen LogP contribution < -0.4 is 0 Å². The molecule has 0 aromatic heterocycles. The molecule has 3 atom stereocenters. The number of phenols is 4. The number of esters is 2. The predicted molar refractivity (Wildman–Crippen MR) is 122 cm³/mol. The van der Waals surface area contributed by atoms with Gasteiger partial charge in [-0.1, -0.05) is 12.1 Å². The summed E-state index contributed by atoms with van der Waals surface area (Å²) in [6.07, 6.45) is 3.39. The zero-order valence-electron chi connectivity index (χ0n) is 18.4. The second kappa shape index (κ2) is 11.1. The second-order valence-corrected chi connectivity index (χ2v) is 7.96. The van der Waals surface area contributed by atoms with E-state index in [0.29, 0.717) is 11.1 Å². The van der Waals surface area contributed by atoms with Crippen LogP contribution in [0, 0.1) is 5.92 Å². The topological polar surface area (TPSA) is 171 Å². The van der Waals surface area contributed by atoms with Crippen molar-refractivity contribution in [1.82, 2.24) is 0 Å². The molecule has 0 saturated heterocycles. The molecule has 35 heavy (non-hydrogen) atoms. The number of carbonyl (C=O) groups excluding carboxylic acids is 2. The summed E-state index contributed by atoms with van der Waals surface area (Å²) in [5.74, 6) is -4.70. The Morgan fingerprint density at radius 3 is 1.66 bits per heavy atom. The maximum Gasteiger partial charge on any atom is 0.331 e. The first-order valence-electron chi connectivity index (χ1n) is 10.7. The van der Waals surface area contributed by atoms with Crippen LogP contribution in [0.15, 0.2) is 48.6 Å². The summed E-state index contributed by atoms with van der Waals surface area (Å²) in [6, 6.07) is 7.94. The molecule has 0 spiro atoms. The third kappa shape index (κ3) is 7.00. The minimum Gasteiger partial charge on any atom is -0.504 e. The quantitative estimate of drug-likeness (QED) is 0.224. The highest BCUT2D eigenvalue weighted by atomic mass is 16.6. The van der Waals surface area contributed by atoms with E-state index >= 15 is 0 Å². The van der Waals surface area contributed by atoms with E-state index in [9.17, 15) is 39.9 Å². The van der Waals surface area contributed by atoms with Crippen molar-refractivity contribution < 1.29 is 49.4 Å². The Balaban J connectivity index is 1.66. The van der Waals surface area contributed by atoms with Crippen LogP contribution in [-0.4, -0.2) is 55.6 Å². The summed E-state index contributed by atoms with van der Waals surface area (Å²) in [6.45, 7) is 0. The fourth-order valence-corrected chi connectivity index (χ4v) is 3.58. The highest BCUT2D eigenvalue weighted by molar-refractivity contribution is 5.88. The normalized spacial score (nSPS) is 20.1. The van der Waals surface area contributed by atoms with Crippen LogP contribution in [0.25, 0.3) is 12.2 Å². The minimum absolute atomic E-state index is 0.0393. The number of ether oxygens (including phenoxy) is 2. The van der Waals surface area contributed by atoms with Crippen LogP contribution in [0.1, 0.15) is 30.4 Å². The summed E-state index contributed by atoms with van der Waals surface area (Å²) in [4.78, 5) is 36.1. The number of aliphatic carboxylic acids is 1. The van der Waals surface area contributed by atoms with Crippen molar-refractivity contribution in [3.05, 3.63) is 59.7 Å². The van der Waals surface area contributed by atoms with Gasteiger partial charge in [0.1, 0.15) is 12.2 Å². The lowest BCUT2D eigenvalue weighted by atomic mass is 9.85. The van der Waals surface area contributed by atoms with Gasteiger partial charge in [-0.15, -0.1) is 0 Å². The Labute approximate surface area is 200 Å². The van der Waals surface area contributed by atoms with Crippen LogP contribution >= 0.6 is 0 Å². The summed E-state index contributed by atoms with van der Waals surface area (Å²) in [7, 11) is 0. The minimum atomic E-state index is -1.04. The average Bonchev–Trinajstić information content (AvgIpc) is 2.81. The van der Waals surface area contributed by atoms with E-state index in [1.165, 1.54) is 48.6 Å². The molecule has 184 valence electrons. The first-order chi connectivity index (χ1) is 16.6. The van der Waals surface area contributed by atoms with Crippen molar-refractivity contribution >= 4 is 30.1 Å². The molecule has 10 nitrogen and oxygen atoms in total. The average molecular weight is 484 g/mol. The third-order valence-corrected chi connectivity index (χ3v) is 5.44. The first-order valence-corrected chi connectivity index (χ1v) is 10.7. The number of hydrogen-bond donors (Lipinski definition) is 5. The number of phenolic OH excluding ortho intramolecular Hbond substituents is 4. The van der Waals surface area contributed by atoms with Gasteiger partial charge in [-0.2, -0.15) is 0 Å². The van der Waals surface area contributed by atoms with Crippen molar-refractivity contribution in [1.29, 1.82) is 0 Å². The number of hydrogen-bond acceptors (Lipinski definition) is 9. The molecule has 0 heterocycles. The van der Waals surface area contributed by atoms with Gasteiger partial charge < -0.3 is 35.0 Å². The lowest BCUT2D eigenvalue weighted by molar-refractivity contribution is -0.170. The van der Waals surface area contributed by atoms with Gasteiger partial charge in [-0.05, 0) is 60.4 Å². The van der Waals surface area contributed by atoms with Gasteiger partial charge in [0, 0.05) is 18.6 Å². The number of aromatic hydroxyl groups is 4. The summed E-state index contributed by atoms with van der Waals surface area (Å²) >= 11 is 0. The molecule has 0 bridgehead atoms. The van der Waals surface area contributed by atoms with Gasteiger partial charge in [0.05, 0.1) is 5.92 Å². The Morgan fingerprint density at radius 1 is 0.714 bits per heavy atom. The zero-order chi connectivity index (χ0) is 25.5. The molecule has 0 aliphatic heterocycles. The number of carboxylic acid groups (broad SMARTS) is 1. The van der Waals surface area contributed by atoms with Crippen molar-refractivity contribution in [3.63, 3.8) is 0 Å². The molecule has 2 aromatic carbocycles.